The molecule has 0 spiro atoms. The fraction of sp³-hybridized carbons (Fsp3) is 0.720. The second-order valence-electron chi connectivity index (χ2n) is 9.34. The zero-order chi connectivity index (χ0) is 22.8. The first-order valence-corrected chi connectivity index (χ1v) is 14.1. The van der Waals surface area contributed by atoms with E-state index in [1.54, 1.807) is 4.31 Å². The van der Waals surface area contributed by atoms with Gasteiger partial charge in [0.25, 0.3) is 0 Å². The van der Waals surface area contributed by atoms with Crippen molar-refractivity contribution in [1.29, 1.82) is 0 Å². The van der Waals surface area contributed by atoms with Crippen molar-refractivity contribution >= 4 is 15.9 Å². The van der Waals surface area contributed by atoms with Gasteiger partial charge in [-0.05, 0) is 63.5 Å². The number of hydrogen-bond donors (Lipinski definition) is 1. The number of piperidine rings is 2. The predicted molar refractivity (Wildman–Crippen MR) is 130 cm³/mol. The third kappa shape index (κ3) is 7.56. The summed E-state index contributed by atoms with van der Waals surface area (Å²) in [5.41, 5.74) is 1.16. The Labute approximate surface area is 194 Å². The van der Waals surface area contributed by atoms with Crippen molar-refractivity contribution in [2.24, 2.45) is 5.92 Å². The highest BCUT2D eigenvalue weighted by Crippen LogP contribution is 2.21. The molecule has 0 aromatic heterocycles. The van der Waals surface area contributed by atoms with Gasteiger partial charge in [-0.1, -0.05) is 43.7 Å². The fourth-order valence-corrected chi connectivity index (χ4v) is 6.68. The van der Waals surface area contributed by atoms with Crippen LogP contribution in [0.25, 0.3) is 0 Å². The van der Waals surface area contributed by atoms with E-state index >= 15 is 0 Å². The van der Waals surface area contributed by atoms with E-state index in [1.807, 2.05) is 30.3 Å². The van der Waals surface area contributed by atoms with Crippen LogP contribution in [0.4, 0.5) is 0 Å². The number of carbonyl (C=O) groups excluding carboxylic acids is 1. The maximum atomic E-state index is 12.8. The van der Waals surface area contributed by atoms with Gasteiger partial charge >= 0.3 is 0 Å². The molecule has 1 amide bonds. The summed E-state index contributed by atoms with van der Waals surface area (Å²) in [6, 6.07) is 10.7. The molecule has 0 radical (unpaired) electrons. The molecule has 2 atom stereocenters. The lowest BCUT2D eigenvalue weighted by Gasteiger charge is -2.35. The van der Waals surface area contributed by atoms with Gasteiger partial charge in [0.15, 0.2) is 0 Å². The summed E-state index contributed by atoms with van der Waals surface area (Å²) < 4.78 is 27.2. The molecule has 2 aliphatic rings. The Kier molecular flexibility index (Phi) is 10.0. The molecule has 3 rings (SSSR count). The zero-order valence-corrected chi connectivity index (χ0v) is 20.5. The Morgan fingerprint density at radius 1 is 1.06 bits per heavy atom. The number of rotatable bonds is 11. The second kappa shape index (κ2) is 12.7. The zero-order valence-electron chi connectivity index (χ0n) is 19.7. The van der Waals surface area contributed by atoms with Gasteiger partial charge in [0.2, 0.25) is 15.9 Å². The number of nitrogens with zero attached hydrogens (tertiary/aromatic N) is 2. The molecule has 0 unspecified atom stereocenters. The summed E-state index contributed by atoms with van der Waals surface area (Å²) in [5, 5.41) is 3.07. The van der Waals surface area contributed by atoms with E-state index in [1.165, 1.54) is 32.2 Å². The Balaban J connectivity index is 1.38. The maximum Gasteiger partial charge on any atom is 0.224 e. The molecule has 6 nitrogen and oxygen atoms in total. The highest BCUT2D eigenvalue weighted by Gasteiger charge is 2.32. The molecular weight excluding hydrogens is 422 g/mol. The summed E-state index contributed by atoms with van der Waals surface area (Å²) in [6.07, 6.45) is 8.94. The van der Waals surface area contributed by atoms with E-state index in [9.17, 15) is 13.2 Å². The maximum absolute atomic E-state index is 12.8. The molecule has 1 aromatic rings. The van der Waals surface area contributed by atoms with Gasteiger partial charge < -0.3 is 10.2 Å². The number of hydrogen-bond acceptors (Lipinski definition) is 4. The second-order valence-corrected chi connectivity index (χ2v) is 11.4. The van der Waals surface area contributed by atoms with E-state index in [4.69, 9.17) is 0 Å². The summed E-state index contributed by atoms with van der Waals surface area (Å²) in [5.74, 6) is -0.0732. The molecule has 2 heterocycles. The van der Waals surface area contributed by atoms with Crippen molar-refractivity contribution in [2.45, 2.75) is 70.8 Å². The lowest BCUT2D eigenvalue weighted by Crippen LogP contribution is -2.46. The Morgan fingerprint density at radius 3 is 2.66 bits per heavy atom. The van der Waals surface area contributed by atoms with Crippen LogP contribution in [-0.4, -0.2) is 68.0 Å². The average Bonchev–Trinajstić information content (AvgIpc) is 2.82. The predicted octanol–water partition coefficient (Wildman–Crippen LogP) is 3.43. The first-order chi connectivity index (χ1) is 15.5. The molecule has 32 heavy (non-hydrogen) atoms. The number of aryl methyl sites for hydroxylation is 1. The van der Waals surface area contributed by atoms with Crippen LogP contribution in [-0.2, 0) is 21.2 Å². The van der Waals surface area contributed by atoms with Gasteiger partial charge in [0.05, 0.1) is 11.7 Å². The number of nitrogens with one attached hydrogen (secondary N) is 1. The van der Waals surface area contributed by atoms with E-state index < -0.39 is 10.0 Å². The smallest absolute Gasteiger partial charge is 0.224 e. The third-order valence-electron chi connectivity index (χ3n) is 7.00. The number of likely N-dealkylation sites (tertiary alicyclic amines) is 1. The van der Waals surface area contributed by atoms with Crippen LogP contribution in [0.1, 0.15) is 63.9 Å². The molecule has 0 bridgehead atoms. The van der Waals surface area contributed by atoms with Gasteiger partial charge in [-0.25, -0.2) is 12.7 Å². The van der Waals surface area contributed by atoms with Crippen LogP contribution in [0.3, 0.4) is 0 Å². The van der Waals surface area contributed by atoms with Crippen molar-refractivity contribution in [3.05, 3.63) is 35.9 Å². The van der Waals surface area contributed by atoms with Crippen LogP contribution in [0.5, 0.6) is 0 Å². The summed E-state index contributed by atoms with van der Waals surface area (Å²) >= 11 is 0. The minimum Gasteiger partial charge on any atom is -0.356 e. The molecule has 1 aromatic carbocycles. The van der Waals surface area contributed by atoms with Crippen molar-refractivity contribution in [3.8, 4) is 0 Å². The molecule has 0 aliphatic carbocycles. The van der Waals surface area contributed by atoms with Crippen LogP contribution in [0.2, 0.25) is 0 Å². The lowest BCUT2D eigenvalue weighted by atomic mass is 9.98. The topological polar surface area (TPSA) is 69.7 Å². The van der Waals surface area contributed by atoms with Crippen molar-refractivity contribution in [3.63, 3.8) is 0 Å². The summed E-state index contributed by atoms with van der Waals surface area (Å²) in [4.78, 5) is 15.3. The largest absolute Gasteiger partial charge is 0.356 e. The standard InChI is InChI=1S/C25H41N3O3S/c1-2-24-15-6-7-17-27(24)18-10-16-26-25(29)23-14-8-19-28(21-23)32(30,31)20-9-13-22-11-4-3-5-12-22/h3-5,11-12,23-24H,2,6-10,13-21H2,1H3,(H,26,29)/t23-,24-/m1/s1. The molecule has 2 aliphatic heterocycles. The minimum atomic E-state index is -3.32. The van der Waals surface area contributed by atoms with E-state index in [0.717, 1.165) is 37.8 Å². The molecule has 180 valence electrons. The molecule has 2 saturated heterocycles. The highest BCUT2D eigenvalue weighted by atomic mass is 32.2. The Hall–Kier alpha value is -1.44. The van der Waals surface area contributed by atoms with E-state index in [-0.39, 0.29) is 17.6 Å². The summed E-state index contributed by atoms with van der Waals surface area (Å²) in [7, 11) is -3.32. The number of carbonyl (C=O) groups is 1. The lowest BCUT2D eigenvalue weighted by molar-refractivity contribution is -0.126. The van der Waals surface area contributed by atoms with E-state index in [0.29, 0.717) is 32.1 Å². The van der Waals surface area contributed by atoms with Gasteiger partial charge in [-0.3, -0.25) is 4.79 Å². The van der Waals surface area contributed by atoms with Crippen LogP contribution < -0.4 is 5.32 Å². The van der Waals surface area contributed by atoms with Crippen LogP contribution in [0, 0.1) is 5.92 Å². The van der Waals surface area contributed by atoms with Gasteiger partial charge in [0.1, 0.15) is 0 Å². The highest BCUT2D eigenvalue weighted by molar-refractivity contribution is 7.89. The first kappa shape index (κ1) is 25.2. The number of sulfonamides is 1. The Bertz CT molecular complexity index is 800. The summed E-state index contributed by atoms with van der Waals surface area (Å²) in [6.45, 7) is 5.99. The fourth-order valence-electron chi connectivity index (χ4n) is 5.10. The normalized spacial score (nSPS) is 23.2. The SMILES string of the molecule is CC[C@@H]1CCCCN1CCCNC(=O)[C@@H]1CCCN(S(=O)(=O)CCCc2ccccc2)C1. The molecule has 0 saturated carbocycles. The van der Waals surface area contributed by atoms with Gasteiger partial charge in [-0.2, -0.15) is 0 Å². The quantitative estimate of drug-likeness (QED) is 0.511. The third-order valence-corrected chi connectivity index (χ3v) is 8.92. The van der Waals surface area contributed by atoms with Crippen LogP contribution >= 0.6 is 0 Å². The number of amides is 1. The number of benzene rings is 1. The van der Waals surface area contributed by atoms with Crippen molar-refractivity contribution in [1.82, 2.24) is 14.5 Å². The van der Waals surface area contributed by atoms with Crippen molar-refractivity contribution < 1.29 is 13.2 Å². The monoisotopic (exact) mass is 463 g/mol. The minimum absolute atomic E-state index is 0.0138. The molecular formula is C25H41N3O3S. The van der Waals surface area contributed by atoms with Crippen LogP contribution in [0.15, 0.2) is 30.3 Å². The Morgan fingerprint density at radius 2 is 1.88 bits per heavy atom. The molecule has 7 heteroatoms. The van der Waals surface area contributed by atoms with E-state index in [2.05, 4.69) is 17.1 Å². The van der Waals surface area contributed by atoms with Gasteiger partial charge in [0, 0.05) is 32.2 Å². The first-order valence-electron chi connectivity index (χ1n) is 12.5. The molecule has 2 fully saturated rings. The van der Waals surface area contributed by atoms with Gasteiger partial charge in [-0.15, -0.1) is 0 Å². The molecule has 1 N–H and O–H groups in total. The van der Waals surface area contributed by atoms with Crippen molar-refractivity contribution in [2.75, 3.05) is 38.5 Å². The average molecular weight is 464 g/mol.